The number of halogens is 6. The van der Waals surface area contributed by atoms with Gasteiger partial charge >= 0.3 is 12.4 Å². The van der Waals surface area contributed by atoms with Crippen molar-refractivity contribution in [3.63, 3.8) is 0 Å². The summed E-state index contributed by atoms with van der Waals surface area (Å²) in [4.78, 5) is 17.7. The molecule has 4 aromatic rings. The van der Waals surface area contributed by atoms with Gasteiger partial charge in [0, 0.05) is 30.4 Å². The monoisotopic (exact) mass is 558 g/mol. The Kier molecular flexibility index (Phi) is 8.18. The molecule has 1 N–H and O–H groups in total. The maximum absolute atomic E-state index is 13.2. The van der Waals surface area contributed by atoms with Crippen LogP contribution < -0.4 is 10.1 Å². The normalized spacial score (nSPS) is 11.8. The predicted octanol–water partition coefficient (Wildman–Crippen LogP) is 7.62. The SMILES string of the molecule is COc1ccccc1Cc1cc(-c2ccccc2C)c(C(=O)NCc2cc(C(F)(F)F)cc(C(F)(F)F)c2)cn1. The van der Waals surface area contributed by atoms with Crippen LogP contribution in [0.25, 0.3) is 11.1 Å². The van der Waals surface area contributed by atoms with Crippen LogP contribution in [0.2, 0.25) is 0 Å². The number of aromatic nitrogens is 1. The third kappa shape index (κ3) is 6.62. The number of nitrogens with zero attached hydrogens (tertiary/aromatic N) is 1. The zero-order chi connectivity index (χ0) is 29.1. The standard InChI is InChI=1S/C30H24F6N2O2/c1-18-7-3-5-9-24(18)25-15-23(13-20-8-4-6-10-27(20)40-2)37-17-26(25)28(39)38-16-19-11-21(29(31,32)33)14-22(12-19)30(34,35)36/h3-12,14-15,17H,13,16H2,1-2H3,(H,38,39). The summed E-state index contributed by atoms with van der Waals surface area (Å²) in [6.45, 7) is 1.31. The first kappa shape index (κ1) is 28.7. The summed E-state index contributed by atoms with van der Waals surface area (Å²) in [5.74, 6) is -0.0246. The summed E-state index contributed by atoms with van der Waals surface area (Å²) in [6.07, 6.45) is -8.22. The third-order valence-electron chi connectivity index (χ3n) is 6.31. The molecule has 0 aliphatic rings. The molecule has 0 saturated carbocycles. The Morgan fingerprint density at radius 3 is 2.10 bits per heavy atom. The molecule has 0 bridgehead atoms. The van der Waals surface area contributed by atoms with E-state index in [0.29, 0.717) is 35.6 Å². The molecule has 0 radical (unpaired) electrons. The fourth-order valence-corrected chi connectivity index (χ4v) is 4.32. The molecule has 10 heteroatoms. The molecule has 1 heterocycles. The second kappa shape index (κ2) is 11.4. The molecule has 0 spiro atoms. The van der Waals surface area contributed by atoms with Crippen LogP contribution in [-0.4, -0.2) is 18.0 Å². The number of aryl methyl sites for hydroxylation is 1. The highest BCUT2D eigenvalue weighted by molar-refractivity contribution is 6.01. The van der Waals surface area contributed by atoms with Gasteiger partial charge in [-0.25, -0.2) is 0 Å². The number of methoxy groups -OCH3 is 1. The van der Waals surface area contributed by atoms with E-state index in [1.807, 2.05) is 49.4 Å². The summed E-state index contributed by atoms with van der Waals surface area (Å²) in [7, 11) is 1.56. The number of ether oxygens (including phenoxy) is 1. The second-order valence-corrected chi connectivity index (χ2v) is 9.12. The highest BCUT2D eigenvalue weighted by atomic mass is 19.4. The van der Waals surface area contributed by atoms with Crippen LogP contribution in [0, 0.1) is 6.92 Å². The Balaban J connectivity index is 1.68. The van der Waals surface area contributed by atoms with Crippen LogP contribution in [0.5, 0.6) is 5.75 Å². The molecule has 208 valence electrons. The van der Waals surface area contributed by atoms with E-state index in [1.165, 1.54) is 6.20 Å². The van der Waals surface area contributed by atoms with Crippen LogP contribution in [-0.2, 0) is 25.3 Å². The van der Waals surface area contributed by atoms with Gasteiger partial charge in [-0.1, -0.05) is 42.5 Å². The molecule has 4 nitrogen and oxygen atoms in total. The largest absolute Gasteiger partial charge is 0.496 e. The Labute approximate surface area is 226 Å². The molecule has 1 amide bonds. The molecule has 4 rings (SSSR count). The lowest BCUT2D eigenvalue weighted by molar-refractivity contribution is -0.143. The van der Waals surface area contributed by atoms with Gasteiger partial charge in [0.25, 0.3) is 5.91 Å². The van der Waals surface area contributed by atoms with Crippen molar-refractivity contribution in [2.75, 3.05) is 7.11 Å². The Morgan fingerprint density at radius 2 is 1.48 bits per heavy atom. The van der Waals surface area contributed by atoms with Crippen LogP contribution in [0.15, 0.2) is 79.0 Å². The second-order valence-electron chi connectivity index (χ2n) is 9.12. The highest BCUT2D eigenvalue weighted by Gasteiger charge is 2.37. The number of hydrogen-bond acceptors (Lipinski definition) is 3. The summed E-state index contributed by atoms with van der Waals surface area (Å²) in [5, 5.41) is 2.46. The molecule has 0 fully saturated rings. The smallest absolute Gasteiger partial charge is 0.416 e. The summed E-state index contributed by atoms with van der Waals surface area (Å²) in [6, 6.07) is 17.7. The van der Waals surface area contributed by atoms with E-state index in [0.717, 1.165) is 16.7 Å². The number of nitrogens with one attached hydrogen (secondary N) is 1. The van der Waals surface area contributed by atoms with Gasteiger partial charge in [0.2, 0.25) is 0 Å². The zero-order valence-electron chi connectivity index (χ0n) is 21.5. The van der Waals surface area contributed by atoms with Gasteiger partial charge in [-0.3, -0.25) is 9.78 Å². The van der Waals surface area contributed by atoms with Crippen molar-refractivity contribution in [1.82, 2.24) is 10.3 Å². The number of alkyl halides is 6. The molecule has 3 aromatic carbocycles. The lowest BCUT2D eigenvalue weighted by atomic mass is 9.95. The van der Waals surface area contributed by atoms with Gasteiger partial charge in [0.15, 0.2) is 0 Å². The van der Waals surface area contributed by atoms with Crippen molar-refractivity contribution in [2.45, 2.75) is 32.2 Å². The average molecular weight is 559 g/mol. The van der Waals surface area contributed by atoms with Crippen LogP contribution in [0.4, 0.5) is 26.3 Å². The van der Waals surface area contributed by atoms with Gasteiger partial charge in [-0.15, -0.1) is 0 Å². The Hall–Kier alpha value is -4.34. The van der Waals surface area contributed by atoms with E-state index in [9.17, 15) is 31.1 Å². The first-order chi connectivity index (χ1) is 18.9. The molecule has 0 aliphatic heterocycles. The van der Waals surface area contributed by atoms with Crippen LogP contribution in [0.1, 0.15) is 43.9 Å². The Morgan fingerprint density at radius 1 is 0.850 bits per heavy atom. The fourth-order valence-electron chi connectivity index (χ4n) is 4.32. The number of carbonyl (C=O) groups excluding carboxylic acids is 1. The first-order valence-corrected chi connectivity index (χ1v) is 12.1. The molecule has 40 heavy (non-hydrogen) atoms. The van der Waals surface area contributed by atoms with E-state index < -0.39 is 35.9 Å². The number of pyridine rings is 1. The lowest BCUT2D eigenvalue weighted by Crippen LogP contribution is -2.24. The number of hydrogen-bond donors (Lipinski definition) is 1. The molecule has 0 unspecified atom stereocenters. The Bertz CT molecular complexity index is 1500. The van der Waals surface area contributed by atoms with Crippen molar-refractivity contribution in [3.05, 3.63) is 118 Å². The molecular formula is C30H24F6N2O2. The molecular weight excluding hydrogens is 534 g/mol. The molecule has 0 atom stereocenters. The number of benzene rings is 3. The van der Waals surface area contributed by atoms with Gasteiger partial charge in [-0.05, 0) is 59.5 Å². The van der Waals surface area contributed by atoms with Crippen molar-refractivity contribution in [1.29, 1.82) is 0 Å². The van der Waals surface area contributed by atoms with E-state index in [-0.39, 0.29) is 17.2 Å². The minimum atomic E-state index is -4.99. The molecule has 1 aromatic heterocycles. The molecule has 0 saturated heterocycles. The van der Waals surface area contributed by atoms with Gasteiger partial charge in [-0.2, -0.15) is 26.3 Å². The van der Waals surface area contributed by atoms with Crippen molar-refractivity contribution in [3.8, 4) is 16.9 Å². The van der Waals surface area contributed by atoms with Gasteiger partial charge < -0.3 is 10.1 Å². The van der Waals surface area contributed by atoms with Crippen molar-refractivity contribution >= 4 is 5.91 Å². The average Bonchev–Trinajstić information content (AvgIpc) is 2.91. The van der Waals surface area contributed by atoms with E-state index in [2.05, 4.69) is 10.3 Å². The van der Waals surface area contributed by atoms with E-state index >= 15 is 0 Å². The number of carbonyl (C=O) groups is 1. The maximum atomic E-state index is 13.2. The van der Waals surface area contributed by atoms with Crippen LogP contribution >= 0.6 is 0 Å². The summed E-state index contributed by atoms with van der Waals surface area (Å²) >= 11 is 0. The predicted molar refractivity (Wildman–Crippen MR) is 138 cm³/mol. The van der Waals surface area contributed by atoms with E-state index in [1.54, 1.807) is 19.2 Å². The van der Waals surface area contributed by atoms with Gasteiger partial charge in [0.05, 0.1) is 23.8 Å². The minimum Gasteiger partial charge on any atom is -0.496 e. The van der Waals surface area contributed by atoms with Crippen molar-refractivity contribution < 1.29 is 35.9 Å². The van der Waals surface area contributed by atoms with Crippen LogP contribution in [0.3, 0.4) is 0 Å². The number of amides is 1. The topological polar surface area (TPSA) is 51.2 Å². The quantitative estimate of drug-likeness (QED) is 0.238. The maximum Gasteiger partial charge on any atom is 0.416 e. The van der Waals surface area contributed by atoms with Crippen molar-refractivity contribution in [2.24, 2.45) is 0 Å². The summed E-state index contributed by atoms with van der Waals surface area (Å²) < 4.78 is 84.9. The lowest BCUT2D eigenvalue weighted by Gasteiger charge is -2.16. The minimum absolute atomic E-state index is 0.0476. The third-order valence-corrected chi connectivity index (χ3v) is 6.31. The highest BCUT2D eigenvalue weighted by Crippen LogP contribution is 2.36. The van der Waals surface area contributed by atoms with E-state index in [4.69, 9.17) is 4.74 Å². The zero-order valence-corrected chi connectivity index (χ0v) is 21.5. The van der Waals surface area contributed by atoms with Gasteiger partial charge in [0.1, 0.15) is 5.75 Å². The molecule has 0 aliphatic carbocycles. The number of rotatable bonds is 7. The summed E-state index contributed by atoms with van der Waals surface area (Å²) in [5.41, 5.74) is 0.505. The fraction of sp³-hybridized carbons (Fsp3) is 0.200. The number of para-hydroxylation sites is 1. The first-order valence-electron chi connectivity index (χ1n) is 12.1.